The maximum Gasteiger partial charge on any atom is 0.272 e. The average Bonchev–Trinajstić information content (AvgIpc) is 2.50. The summed E-state index contributed by atoms with van der Waals surface area (Å²) in [4.78, 5) is 0. The highest BCUT2D eigenvalue weighted by atomic mass is 79.9. The molecule has 0 amide bonds. The highest BCUT2D eigenvalue weighted by molar-refractivity contribution is 9.10. The van der Waals surface area contributed by atoms with E-state index >= 15 is 0 Å². The van der Waals surface area contributed by atoms with Gasteiger partial charge in [-0.3, -0.25) is 0 Å². The Morgan fingerprint density at radius 2 is 2.00 bits per heavy atom. The smallest absolute Gasteiger partial charge is 0.272 e. The van der Waals surface area contributed by atoms with Gasteiger partial charge in [-0.25, -0.2) is 8.78 Å². The van der Waals surface area contributed by atoms with Gasteiger partial charge in [0.2, 0.25) is 0 Å². The van der Waals surface area contributed by atoms with E-state index in [4.69, 9.17) is 17.3 Å². The lowest BCUT2D eigenvalue weighted by Gasteiger charge is -2.12. The van der Waals surface area contributed by atoms with Crippen molar-refractivity contribution < 1.29 is 8.78 Å². The molecule has 1 atom stereocenters. The van der Waals surface area contributed by atoms with Crippen molar-refractivity contribution in [2.24, 2.45) is 5.73 Å². The first kappa shape index (κ1) is 10.3. The van der Waals surface area contributed by atoms with E-state index in [9.17, 15) is 8.78 Å². The topological polar surface area (TPSA) is 26.0 Å². The van der Waals surface area contributed by atoms with Crippen LogP contribution in [0.5, 0.6) is 0 Å². The monoisotopic (exact) mass is 281 g/mol. The third-order valence-electron chi connectivity index (χ3n) is 2.44. The van der Waals surface area contributed by atoms with E-state index in [0.29, 0.717) is 15.1 Å². The Kier molecular flexibility index (Phi) is 2.14. The third-order valence-corrected chi connectivity index (χ3v) is 3.33. The maximum atomic E-state index is 13.0. The SMILES string of the molecule is NC1(c2ccc(Cl)cc2Br)CC1(F)F. The second-order valence-electron chi connectivity index (χ2n) is 3.48. The molecule has 5 heteroatoms. The summed E-state index contributed by atoms with van der Waals surface area (Å²) in [5.41, 5.74) is 4.47. The van der Waals surface area contributed by atoms with Gasteiger partial charge in [-0.2, -0.15) is 0 Å². The predicted octanol–water partition coefficient (Wildman–Crippen LogP) is 3.30. The summed E-state index contributed by atoms with van der Waals surface area (Å²) in [7, 11) is 0. The summed E-state index contributed by atoms with van der Waals surface area (Å²) in [5, 5.41) is 0.494. The maximum absolute atomic E-state index is 13.0. The molecule has 1 aromatic rings. The van der Waals surface area contributed by atoms with E-state index in [0.717, 1.165) is 0 Å². The zero-order valence-electron chi connectivity index (χ0n) is 7.03. The van der Waals surface area contributed by atoms with Gasteiger partial charge >= 0.3 is 0 Å². The van der Waals surface area contributed by atoms with Crippen molar-refractivity contribution in [1.29, 1.82) is 0 Å². The molecule has 1 unspecified atom stereocenters. The van der Waals surface area contributed by atoms with Crippen molar-refractivity contribution in [3.05, 3.63) is 33.3 Å². The van der Waals surface area contributed by atoms with Crippen molar-refractivity contribution in [3.63, 3.8) is 0 Å². The summed E-state index contributed by atoms with van der Waals surface area (Å²) in [6.07, 6.45) is -0.305. The molecule has 0 aromatic heterocycles. The second kappa shape index (κ2) is 2.90. The Balaban J connectivity index is 2.45. The van der Waals surface area contributed by atoms with Gasteiger partial charge in [-0.15, -0.1) is 0 Å². The molecule has 1 aromatic carbocycles. The fourth-order valence-electron chi connectivity index (χ4n) is 1.45. The molecule has 1 aliphatic rings. The lowest BCUT2D eigenvalue weighted by Crippen LogP contribution is -2.27. The lowest BCUT2D eigenvalue weighted by atomic mass is 10.1. The van der Waals surface area contributed by atoms with Crippen LogP contribution in [0.2, 0.25) is 5.02 Å². The van der Waals surface area contributed by atoms with E-state index in [1.165, 1.54) is 6.07 Å². The number of hydrogen-bond acceptors (Lipinski definition) is 1. The van der Waals surface area contributed by atoms with Gasteiger partial charge < -0.3 is 5.73 Å². The summed E-state index contributed by atoms with van der Waals surface area (Å²) in [6.45, 7) is 0. The van der Waals surface area contributed by atoms with Gasteiger partial charge in [0.25, 0.3) is 5.92 Å². The fourth-order valence-corrected chi connectivity index (χ4v) is 2.49. The van der Waals surface area contributed by atoms with Gasteiger partial charge in [0.15, 0.2) is 0 Å². The minimum Gasteiger partial charge on any atom is -0.316 e. The zero-order valence-corrected chi connectivity index (χ0v) is 9.37. The predicted molar refractivity (Wildman–Crippen MR) is 54.6 cm³/mol. The van der Waals surface area contributed by atoms with Crippen LogP contribution in [0.1, 0.15) is 12.0 Å². The van der Waals surface area contributed by atoms with E-state index in [1.54, 1.807) is 12.1 Å². The van der Waals surface area contributed by atoms with E-state index < -0.39 is 11.5 Å². The quantitative estimate of drug-likeness (QED) is 0.840. The van der Waals surface area contributed by atoms with Crippen molar-refractivity contribution in [1.82, 2.24) is 0 Å². The molecule has 76 valence electrons. The average molecular weight is 283 g/mol. The molecule has 0 spiro atoms. The summed E-state index contributed by atoms with van der Waals surface area (Å²) in [5.74, 6) is -2.80. The second-order valence-corrected chi connectivity index (χ2v) is 4.77. The van der Waals surface area contributed by atoms with Crippen molar-refractivity contribution >= 4 is 27.5 Å². The highest BCUT2D eigenvalue weighted by Gasteiger charge is 2.70. The molecular weight excluding hydrogens is 275 g/mol. The molecular formula is C9H7BrClF2N. The molecule has 1 nitrogen and oxygen atoms in total. The van der Waals surface area contributed by atoms with Crippen LogP contribution >= 0.6 is 27.5 Å². The number of alkyl halides is 2. The van der Waals surface area contributed by atoms with E-state index in [2.05, 4.69) is 15.9 Å². The first-order valence-electron chi connectivity index (χ1n) is 3.99. The van der Waals surface area contributed by atoms with Gasteiger partial charge in [0.1, 0.15) is 5.54 Å². The first-order valence-corrected chi connectivity index (χ1v) is 5.16. The minimum atomic E-state index is -2.80. The Bertz CT molecular complexity index is 396. The molecule has 0 aliphatic heterocycles. The van der Waals surface area contributed by atoms with Crippen molar-refractivity contribution in [2.45, 2.75) is 17.9 Å². The number of hydrogen-bond donors (Lipinski definition) is 1. The number of rotatable bonds is 1. The zero-order chi connectivity index (χ0) is 10.6. The lowest BCUT2D eigenvalue weighted by molar-refractivity contribution is 0.0889. The molecule has 0 bridgehead atoms. The number of halogens is 4. The molecule has 2 rings (SSSR count). The Labute approximate surface area is 93.4 Å². The van der Waals surface area contributed by atoms with Crippen LogP contribution in [0.3, 0.4) is 0 Å². The van der Waals surface area contributed by atoms with Crippen LogP contribution in [0, 0.1) is 0 Å². The third kappa shape index (κ3) is 1.36. The van der Waals surface area contributed by atoms with Crippen LogP contribution in [0.25, 0.3) is 0 Å². The number of nitrogens with two attached hydrogens (primary N) is 1. The molecule has 1 fully saturated rings. The first-order chi connectivity index (χ1) is 6.37. The van der Waals surface area contributed by atoms with Crippen LogP contribution in [0.4, 0.5) is 8.78 Å². The highest BCUT2D eigenvalue weighted by Crippen LogP contribution is 2.58. The van der Waals surface area contributed by atoms with Gasteiger partial charge in [-0.05, 0) is 17.7 Å². The normalized spacial score (nSPS) is 28.9. The molecule has 1 saturated carbocycles. The molecule has 0 heterocycles. The van der Waals surface area contributed by atoms with Crippen LogP contribution in [-0.4, -0.2) is 5.92 Å². The fraction of sp³-hybridized carbons (Fsp3) is 0.333. The van der Waals surface area contributed by atoms with Gasteiger partial charge in [-0.1, -0.05) is 33.6 Å². The van der Waals surface area contributed by atoms with E-state index in [-0.39, 0.29) is 6.42 Å². The van der Waals surface area contributed by atoms with E-state index in [1.807, 2.05) is 0 Å². The minimum absolute atomic E-state index is 0.305. The molecule has 0 radical (unpaired) electrons. The molecule has 0 saturated heterocycles. The van der Waals surface area contributed by atoms with Crippen LogP contribution in [-0.2, 0) is 5.54 Å². The van der Waals surface area contributed by atoms with Crippen molar-refractivity contribution in [3.8, 4) is 0 Å². The van der Waals surface area contributed by atoms with Gasteiger partial charge in [0.05, 0.1) is 0 Å². The molecule has 14 heavy (non-hydrogen) atoms. The van der Waals surface area contributed by atoms with Crippen LogP contribution < -0.4 is 5.73 Å². The summed E-state index contributed by atoms with van der Waals surface area (Å²) < 4.78 is 26.5. The Hall–Kier alpha value is -0.190. The Morgan fingerprint density at radius 1 is 1.43 bits per heavy atom. The Morgan fingerprint density at radius 3 is 2.43 bits per heavy atom. The number of benzene rings is 1. The summed E-state index contributed by atoms with van der Waals surface area (Å²) in [6, 6.07) is 4.66. The van der Waals surface area contributed by atoms with Crippen molar-refractivity contribution in [2.75, 3.05) is 0 Å². The largest absolute Gasteiger partial charge is 0.316 e. The molecule has 1 aliphatic carbocycles. The standard InChI is InChI=1S/C9H7BrClF2N/c10-7-3-5(11)1-2-6(7)8(14)4-9(8,12)13/h1-3H,4,14H2. The van der Waals surface area contributed by atoms with Crippen LogP contribution in [0.15, 0.2) is 22.7 Å². The molecule has 2 N–H and O–H groups in total. The summed E-state index contributed by atoms with van der Waals surface area (Å²) >= 11 is 8.88. The van der Waals surface area contributed by atoms with Gasteiger partial charge in [0, 0.05) is 15.9 Å².